The third-order valence-electron chi connectivity index (χ3n) is 5.83. The molecular formula is C25H35ClNO2+. The van der Waals surface area contributed by atoms with E-state index in [0.29, 0.717) is 5.75 Å². The van der Waals surface area contributed by atoms with Crippen molar-refractivity contribution in [2.75, 3.05) is 26.3 Å². The van der Waals surface area contributed by atoms with Gasteiger partial charge in [-0.3, -0.25) is 0 Å². The summed E-state index contributed by atoms with van der Waals surface area (Å²) in [6, 6.07) is 12.8. The van der Waals surface area contributed by atoms with Crippen molar-refractivity contribution in [1.82, 2.24) is 0 Å². The SMILES string of the molecule is CC(C)(C)c1cc([C@H](c2ccc(Cl)cc2)[NH+]2CCOCC2)cc(C(C)(C)C)c1O. The molecule has 0 aliphatic carbocycles. The first-order valence-corrected chi connectivity index (χ1v) is 10.9. The highest BCUT2D eigenvalue weighted by molar-refractivity contribution is 6.30. The van der Waals surface area contributed by atoms with Gasteiger partial charge in [0, 0.05) is 27.3 Å². The molecule has 0 saturated carbocycles. The number of morpholine rings is 1. The number of hydrogen-bond acceptors (Lipinski definition) is 2. The average molecular weight is 417 g/mol. The number of quaternary nitrogens is 1. The molecule has 3 nitrogen and oxygen atoms in total. The van der Waals surface area contributed by atoms with Gasteiger partial charge in [-0.15, -0.1) is 0 Å². The van der Waals surface area contributed by atoms with E-state index < -0.39 is 0 Å². The van der Waals surface area contributed by atoms with Crippen molar-refractivity contribution < 1.29 is 14.7 Å². The van der Waals surface area contributed by atoms with E-state index in [1.54, 1.807) is 0 Å². The number of benzene rings is 2. The fourth-order valence-electron chi connectivity index (χ4n) is 4.21. The van der Waals surface area contributed by atoms with Gasteiger partial charge < -0.3 is 14.7 Å². The van der Waals surface area contributed by atoms with Crippen LogP contribution in [0.5, 0.6) is 5.75 Å². The summed E-state index contributed by atoms with van der Waals surface area (Å²) >= 11 is 6.18. The number of aromatic hydroxyl groups is 1. The van der Waals surface area contributed by atoms with Gasteiger partial charge in [0.15, 0.2) is 0 Å². The lowest BCUT2D eigenvalue weighted by molar-refractivity contribution is -0.933. The maximum Gasteiger partial charge on any atom is 0.139 e. The Balaban J connectivity index is 2.22. The molecular weight excluding hydrogens is 382 g/mol. The number of hydrogen-bond donors (Lipinski definition) is 2. The smallest absolute Gasteiger partial charge is 0.139 e. The second-order valence-corrected chi connectivity index (χ2v) is 10.7. The van der Waals surface area contributed by atoms with Crippen LogP contribution in [0.2, 0.25) is 5.02 Å². The second-order valence-electron chi connectivity index (χ2n) is 10.2. The second kappa shape index (κ2) is 8.29. The molecule has 2 aromatic rings. The van der Waals surface area contributed by atoms with E-state index in [1.165, 1.54) is 16.0 Å². The normalized spacial score (nSPS) is 17.3. The Morgan fingerprint density at radius 3 is 1.79 bits per heavy atom. The number of phenols is 1. The summed E-state index contributed by atoms with van der Waals surface area (Å²) in [5.74, 6) is 0.431. The lowest BCUT2D eigenvalue weighted by atomic mass is 9.77. The van der Waals surface area contributed by atoms with Gasteiger partial charge >= 0.3 is 0 Å². The third-order valence-corrected chi connectivity index (χ3v) is 6.08. The van der Waals surface area contributed by atoms with Crippen molar-refractivity contribution in [1.29, 1.82) is 0 Å². The van der Waals surface area contributed by atoms with Gasteiger partial charge in [-0.05, 0) is 35.1 Å². The number of halogens is 1. The minimum absolute atomic E-state index is 0.148. The average Bonchev–Trinajstić information content (AvgIpc) is 2.63. The van der Waals surface area contributed by atoms with Gasteiger partial charge in [0.05, 0.1) is 13.2 Å². The summed E-state index contributed by atoms with van der Waals surface area (Å²) in [5.41, 5.74) is 4.21. The van der Waals surface area contributed by atoms with Crippen molar-refractivity contribution in [3.8, 4) is 5.75 Å². The van der Waals surface area contributed by atoms with Crippen molar-refractivity contribution in [2.24, 2.45) is 0 Å². The molecule has 3 rings (SSSR count). The summed E-state index contributed by atoms with van der Waals surface area (Å²) < 4.78 is 5.63. The van der Waals surface area contributed by atoms with Gasteiger partial charge in [0.2, 0.25) is 0 Å². The van der Waals surface area contributed by atoms with Crippen LogP contribution in [-0.4, -0.2) is 31.4 Å². The highest BCUT2D eigenvalue weighted by Crippen LogP contribution is 2.41. The highest BCUT2D eigenvalue weighted by atomic mass is 35.5. The Kier molecular flexibility index (Phi) is 6.33. The van der Waals surface area contributed by atoms with E-state index in [9.17, 15) is 5.11 Å². The minimum atomic E-state index is -0.148. The Hall–Kier alpha value is -1.55. The predicted octanol–water partition coefficient (Wildman–Crippen LogP) is 4.65. The molecule has 1 fully saturated rings. The summed E-state index contributed by atoms with van der Waals surface area (Å²) in [6.07, 6.45) is 0. The predicted molar refractivity (Wildman–Crippen MR) is 120 cm³/mol. The summed E-state index contributed by atoms with van der Waals surface area (Å²) in [6.45, 7) is 16.5. The zero-order chi connectivity index (χ0) is 21.4. The van der Waals surface area contributed by atoms with Crippen LogP contribution in [-0.2, 0) is 15.6 Å². The van der Waals surface area contributed by atoms with Crippen LogP contribution in [0.15, 0.2) is 36.4 Å². The summed E-state index contributed by atoms with van der Waals surface area (Å²) in [7, 11) is 0. The van der Waals surface area contributed by atoms with E-state index in [2.05, 4.69) is 65.8 Å². The van der Waals surface area contributed by atoms with Gasteiger partial charge in [-0.1, -0.05) is 65.3 Å². The monoisotopic (exact) mass is 416 g/mol. The first-order chi connectivity index (χ1) is 13.5. The number of nitrogens with one attached hydrogen (secondary N) is 1. The summed E-state index contributed by atoms with van der Waals surface area (Å²) in [4.78, 5) is 1.49. The Morgan fingerprint density at radius 2 is 1.34 bits per heavy atom. The maximum absolute atomic E-state index is 11.1. The number of rotatable bonds is 3. The van der Waals surface area contributed by atoms with Crippen LogP contribution < -0.4 is 4.90 Å². The van der Waals surface area contributed by atoms with Crippen LogP contribution in [0.3, 0.4) is 0 Å². The first kappa shape index (κ1) is 22.1. The molecule has 4 heteroatoms. The number of ether oxygens (including phenoxy) is 1. The van der Waals surface area contributed by atoms with Gasteiger partial charge in [-0.25, -0.2) is 0 Å². The van der Waals surface area contributed by atoms with Gasteiger partial charge in [0.1, 0.15) is 24.9 Å². The molecule has 1 aliphatic rings. The lowest BCUT2D eigenvalue weighted by Gasteiger charge is -2.34. The van der Waals surface area contributed by atoms with E-state index in [-0.39, 0.29) is 16.9 Å². The Bertz CT molecular complexity index is 806. The molecule has 1 saturated heterocycles. The van der Waals surface area contributed by atoms with E-state index in [1.807, 2.05) is 12.1 Å². The zero-order valence-electron chi connectivity index (χ0n) is 18.6. The molecule has 0 spiro atoms. The Labute approximate surface area is 180 Å². The first-order valence-electron chi connectivity index (χ1n) is 10.5. The van der Waals surface area contributed by atoms with Crippen LogP contribution in [0.25, 0.3) is 0 Å². The molecule has 0 bridgehead atoms. The summed E-state index contributed by atoms with van der Waals surface area (Å²) in [5, 5.41) is 11.9. The zero-order valence-corrected chi connectivity index (χ0v) is 19.4. The van der Waals surface area contributed by atoms with Crippen molar-refractivity contribution in [3.05, 3.63) is 63.7 Å². The fourth-order valence-corrected chi connectivity index (χ4v) is 4.33. The highest BCUT2D eigenvalue weighted by Gasteiger charge is 2.33. The molecule has 0 radical (unpaired) electrons. The third kappa shape index (κ3) is 4.96. The topological polar surface area (TPSA) is 33.9 Å². The van der Waals surface area contributed by atoms with Crippen LogP contribution >= 0.6 is 11.6 Å². The van der Waals surface area contributed by atoms with Crippen LogP contribution in [0.1, 0.15) is 69.8 Å². The molecule has 29 heavy (non-hydrogen) atoms. The van der Waals surface area contributed by atoms with Crippen molar-refractivity contribution in [3.63, 3.8) is 0 Å². The van der Waals surface area contributed by atoms with Gasteiger partial charge in [0.25, 0.3) is 0 Å². The molecule has 2 N–H and O–H groups in total. The van der Waals surface area contributed by atoms with E-state index in [0.717, 1.165) is 42.5 Å². The molecule has 1 atom stereocenters. The minimum Gasteiger partial charge on any atom is -0.507 e. The molecule has 2 aromatic carbocycles. The molecule has 1 heterocycles. The fraction of sp³-hybridized carbons (Fsp3) is 0.520. The molecule has 1 aliphatic heterocycles. The standard InChI is InChI=1S/C25H34ClNO2/c1-24(2,3)20-15-18(16-21(23(20)28)25(4,5)6)22(27-11-13-29-14-12-27)17-7-9-19(26)10-8-17/h7-10,15-16,22,28H,11-14H2,1-6H3/p+1/t22-/m0/s1. The largest absolute Gasteiger partial charge is 0.507 e. The molecule has 0 amide bonds. The quantitative estimate of drug-likeness (QED) is 0.763. The van der Waals surface area contributed by atoms with Crippen LogP contribution in [0.4, 0.5) is 0 Å². The van der Waals surface area contributed by atoms with E-state index >= 15 is 0 Å². The van der Waals surface area contributed by atoms with Crippen LogP contribution in [0, 0.1) is 0 Å². The molecule has 158 valence electrons. The van der Waals surface area contributed by atoms with Crippen molar-refractivity contribution in [2.45, 2.75) is 58.4 Å². The van der Waals surface area contributed by atoms with Gasteiger partial charge in [-0.2, -0.15) is 0 Å². The van der Waals surface area contributed by atoms with Crippen molar-refractivity contribution >= 4 is 11.6 Å². The van der Waals surface area contributed by atoms with E-state index in [4.69, 9.17) is 16.3 Å². The molecule has 0 aromatic heterocycles. The lowest BCUT2D eigenvalue weighted by Crippen LogP contribution is -3.14. The maximum atomic E-state index is 11.1. The number of phenolic OH excluding ortho intramolecular Hbond substituents is 1. The molecule has 0 unspecified atom stereocenters. The Morgan fingerprint density at radius 1 is 0.862 bits per heavy atom.